The second-order valence-electron chi connectivity index (χ2n) is 3.64. The maximum absolute atomic E-state index is 6.06. The van der Waals surface area contributed by atoms with Gasteiger partial charge in [-0.15, -0.1) is 0 Å². The van der Waals surface area contributed by atoms with E-state index in [1.54, 1.807) is 0 Å². The Hall–Kier alpha value is -0.530. The number of rotatable bonds is 3. The average Bonchev–Trinajstić information content (AvgIpc) is 2.03. The summed E-state index contributed by atoms with van der Waals surface area (Å²) in [6.45, 7) is 4.18. The van der Waals surface area contributed by atoms with Crippen LogP contribution in [0.25, 0.3) is 0 Å². The monoisotopic (exact) mass is 197 g/mol. The van der Waals surface area contributed by atoms with Gasteiger partial charge >= 0.3 is 0 Å². The predicted octanol–water partition coefficient (Wildman–Crippen LogP) is 3.18. The molecule has 1 nitrogen and oxygen atoms in total. The van der Waals surface area contributed by atoms with Crippen LogP contribution in [0, 0.1) is 0 Å². The topological polar surface area (TPSA) is 26.0 Å². The zero-order valence-electron chi connectivity index (χ0n) is 8.13. The van der Waals surface area contributed by atoms with Crippen LogP contribution in [0.4, 0.5) is 0 Å². The van der Waals surface area contributed by atoms with Gasteiger partial charge in [0.1, 0.15) is 0 Å². The van der Waals surface area contributed by atoms with Crippen LogP contribution < -0.4 is 5.73 Å². The van der Waals surface area contributed by atoms with E-state index in [1.807, 2.05) is 25.1 Å². The van der Waals surface area contributed by atoms with Gasteiger partial charge in [0.05, 0.1) is 0 Å². The highest BCUT2D eigenvalue weighted by Crippen LogP contribution is 2.26. The Labute approximate surface area is 84.9 Å². The SMILES string of the molecule is CC(N)CC(C)c1ccccc1Cl. The minimum Gasteiger partial charge on any atom is -0.328 e. The van der Waals surface area contributed by atoms with Crippen molar-refractivity contribution >= 4 is 11.6 Å². The molecule has 2 unspecified atom stereocenters. The fraction of sp³-hybridized carbons (Fsp3) is 0.455. The molecule has 72 valence electrons. The van der Waals surface area contributed by atoms with E-state index in [2.05, 4.69) is 13.0 Å². The van der Waals surface area contributed by atoms with Crippen molar-refractivity contribution in [1.82, 2.24) is 0 Å². The molecule has 0 aliphatic carbocycles. The molecule has 0 radical (unpaired) electrons. The third kappa shape index (κ3) is 3.02. The van der Waals surface area contributed by atoms with Crippen molar-refractivity contribution in [2.24, 2.45) is 5.73 Å². The third-order valence-corrected chi connectivity index (χ3v) is 2.51. The molecule has 0 saturated heterocycles. The molecule has 0 saturated carbocycles. The smallest absolute Gasteiger partial charge is 0.0440 e. The molecule has 1 aromatic rings. The second-order valence-corrected chi connectivity index (χ2v) is 4.04. The van der Waals surface area contributed by atoms with Crippen molar-refractivity contribution in [3.05, 3.63) is 34.9 Å². The average molecular weight is 198 g/mol. The molecule has 0 aliphatic rings. The lowest BCUT2D eigenvalue weighted by Crippen LogP contribution is -2.17. The maximum atomic E-state index is 6.06. The van der Waals surface area contributed by atoms with Crippen molar-refractivity contribution in [3.8, 4) is 0 Å². The highest BCUT2D eigenvalue weighted by atomic mass is 35.5. The van der Waals surface area contributed by atoms with Crippen molar-refractivity contribution < 1.29 is 0 Å². The number of hydrogen-bond acceptors (Lipinski definition) is 1. The van der Waals surface area contributed by atoms with E-state index in [0.717, 1.165) is 11.4 Å². The van der Waals surface area contributed by atoms with E-state index in [0.29, 0.717) is 5.92 Å². The molecule has 1 aromatic carbocycles. The van der Waals surface area contributed by atoms with Gasteiger partial charge in [-0.2, -0.15) is 0 Å². The van der Waals surface area contributed by atoms with Gasteiger partial charge in [0, 0.05) is 11.1 Å². The third-order valence-electron chi connectivity index (χ3n) is 2.16. The molecule has 0 aliphatic heterocycles. The van der Waals surface area contributed by atoms with Crippen LogP contribution in [0.5, 0.6) is 0 Å². The van der Waals surface area contributed by atoms with Gasteiger partial charge in [-0.3, -0.25) is 0 Å². The Morgan fingerprint density at radius 2 is 1.92 bits per heavy atom. The molecular formula is C11H16ClN. The largest absolute Gasteiger partial charge is 0.328 e. The fourth-order valence-corrected chi connectivity index (χ4v) is 1.88. The molecule has 2 heteroatoms. The fourth-order valence-electron chi connectivity index (χ4n) is 1.56. The van der Waals surface area contributed by atoms with Gasteiger partial charge < -0.3 is 5.73 Å². The normalized spacial score (nSPS) is 15.4. The molecular weight excluding hydrogens is 182 g/mol. The van der Waals surface area contributed by atoms with Gasteiger partial charge in [0.15, 0.2) is 0 Å². The Kier molecular flexibility index (Phi) is 3.76. The summed E-state index contributed by atoms with van der Waals surface area (Å²) in [6.07, 6.45) is 0.976. The molecule has 2 atom stereocenters. The van der Waals surface area contributed by atoms with E-state index < -0.39 is 0 Å². The summed E-state index contributed by atoms with van der Waals surface area (Å²) >= 11 is 6.06. The Morgan fingerprint density at radius 1 is 1.31 bits per heavy atom. The van der Waals surface area contributed by atoms with Gasteiger partial charge in [0.2, 0.25) is 0 Å². The highest BCUT2D eigenvalue weighted by Gasteiger charge is 2.10. The Morgan fingerprint density at radius 3 is 2.46 bits per heavy atom. The van der Waals surface area contributed by atoms with Gasteiger partial charge in [-0.1, -0.05) is 36.7 Å². The number of hydrogen-bond donors (Lipinski definition) is 1. The molecule has 0 aromatic heterocycles. The molecule has 1 rings (SSSR count). The molecule has 0 amide bonds. The van der Waals surface area contributed by atoms with E-state index >= 15 is 0 Å². The first kappa shape index (κ1) is 10.6. The molecule has 0 fully saturated rings. The van der Waals surface area contributed by atoms with E-state index in [4.69, 9.17) is 17.3 Å². The molecule has 0 bridgehead atoms. The molecule has 0 heterocycles. The van der Waals surface area contributed by atoms with Gasteiger partial charge in [-0.05, 0) is 30.9 Å². The van der Waals surface area contributed by atoms with Gasteiger partial charge in [-0.25, -0.2) is 0 Å². The Bertz CT molecular complexity index is 271. The van der Waals surface area contributed by atoms with Crippen LogP contribution in [0.1, 0.15) is 31.7 Å². The van der Waals surface area contributed by atoms with Crippen LogP contribution in [-0.2, 0) is 0 Å². The molecule has 0 spiro atoms. The summed E-state index contributed by atoms with van der Waals surface area (Å²) in [5.74, 6) is 0.439. The second kappa shape index (κ2) is 4.64. The number of benzene rings is 1. The van der Waals surface area contributed by atoms with Crippen LogP contribution in [0.15, 0.2) is 24.3 Å². The summed E-state index contributed by atoms with van der Waals surface area (Å²) in [4.78, 5) is 0. The lowest BCUT2D eigenvalue weighted by molar-refractivity contribution is 0.586. The summed E-state index contributed by atoms with van der Waals surface area (Å²) in [5.41, 5.74) is 6.93. The van der Waals surface area contributed by atoms with E-state index in [1.165, 1.54) is 5.56 Å². The van der Waals surface area contributed by atoms with Crippen LogP contribution >= 0.6 is 11.6 Å². The van der Waals surface area contributed by atoms with E-state index in [-0.39, 0.29) is 6.04 Å². The van der Waals surface area contributed by atoms with Crippen LogP contribution in [0.3, 0.4) is 0 Å². The first-order chi connectivity index (χ1) is 6.11. The molecule has 13 heavy (non-hydrogen) atoms. The first-order valence-corrected chi connectivity index (χ1v) is 4.99. The zero-order chi connectivity index (χ0) is 9.84. The summed E-state index contributed by atoms with van der Waals surface area (Å²) in [5, 5.41) is 0.843. The first-order valence-electron chi connectivity index (χ1n) is 4.61. The standard InChI is InChI=1S/C11H16ClN/c1-8(7-9(2)13)10-5-3-4-6-11(10)12/h3-6,8-9H,7,13H2,1-2H3. The van der Waals surface area contributed by atoms with Crippen LogP contribution in [0.2, 0.25) is 5.02 Å². The lowest BCUT2D eigenvalue weighted by Gasteiger charge is -2.15. The minimum absolute atomic E-state index is 0.228. The van der Waals surface area contributed by atoms with Crippen molar-refractivity contribution in [1.29, 1.82) is 0 Å². The maximum Gasteiger partial charge on any atom is 0.0440 e. The quantitative estimate of drug-likeness (QED) is 0.792. The lowest BCUT2D eigenvalue weighted by atomic mass is 9.95. The summed E-state index contributed by atoms with van der Waals surface area (Å²) in [6, 6.07) is 8.18. The number of nitrogens with two attached hydrogens (primary N) is 1. The highest BCUT2D eigenvalue weighted by molar-refractivity contribution is 6.31. The predicted molar refractivity (Wildman–Crippen MR) is 58.1 cm³/mol. The van der Waals surface area contributed by atoms with Crippen molar-refractivity contribution in [2.45, 2.75) is 32.2 Å². The zero-order valence-corrected chi connectivity index (χ0v) is 8.88. The van der Waals surface area contributed by atoms with Gasteiger partial charge in [0.25, 0.3) is 0 Å². The number of halogens is 1. The minimum atomic E-state index is 0.228. The van der Waals surface area contributed by atoms with E-state index in [9.17, 15) is 0 Å². The van der Waals surface area contributed by atoms with Crippen LogP contribution in [-0.4, -0.2) is 6.04 Å². The van der Waals surface area contributed by atoms with Crippen molar-refractivity contribution in [2.75, 3.05) is 0 Å². The summed E-state index contributed by atoms with van der Waals surface area (Å²) < 4.78 is 0. The van der Waals surface area contributed by atoms with Crippen molar-refractivity contribution in [3.63, 3.8) is 0 Å². The molecule has 2 N–H and O–H groups in total. The summed E-state index contributed by atoms with van der Waals surface area (Å²) in [7, 11) is 0. The Balaban J connectivity index is 2.76.